The normalized spacial score (nSPS) is 24.7. The molecule has 1 aliphatic carbocycles. The molecule has 0 spiro atoms. The van der Waals surface area contributed by atoms with Gasteiger partial charge in [-0.05, 0) is 31.2 Å². The van der Waals surface area contributed by atoms with E-state index >= 15 is 0 Å². The number of rotatable bonds is 3. The van der Waals surface area contributed by atoms with Crippen LogP contribution in [0.4, 0.5) is 0 Å². The second-order valence-electron chi connectivity index (χ2n) is 4.92. The van der Waals surface area contributed by atoms with E-state index in [9.17, 15) is 4.79 Å². The average molecular weight is 233 g/mol. The topological polar surface area (TPSA) is 39.2 Å². The Balaban J connectivity index is 2.11. The number of nitrogens with zero attached hydrogens (tertiary/aromatic N) is 1. The zero-order valence-corrected chi connectivity index (χ0v) is 10.5. The lowest BCUT2D eigenvalue weighted by Gasteiger charge is -2.25. The van der Waals surface area contributed by atoms with Gasteiger partial charge in [-0.1, -0.05) is 13.0 Å². The van der Waals surface area contributed by atoms with Gasteiger partial charge in [0.2, 0.25) is 5.88 Å². The van der Waals surface area contributed by atoms with E-state index < -0.39 is 0 Å². The van der Waals surface area contributed by atoms with Crippen LogP contribution in [0, 0.1) is 11.8 Å². The second-order valence-corrected chi connectivity index (χ2v) is 4.92. The molecule has 0 aliphatic heterocycles. The maximum Gasteiger partial charge on any atom is 0.216 e. The van der Waals surface area contributed by atoms with Crippen molar-refractivity contribution >= 4 is 5.78 Å². The first-order valence-electron chi connectivity index (χ1n) is 6.21. The molecular formula is C14H19NO2. The standard InChI is InChI=1S/C14H19NO2/c1-10-5-6-13(16)12(8-10)9-11-4-3-7-15-14(11)17-2/h3-4,7,10,12H,5-6,8-9H2,1-2H3. The summed E-state index contributed by atoms with van der Waals surface area (Å²) in [6.45, 7) is 2.22. The largest absolute Gasteiger partial charge is 0.481 e. The molecule has 1 fully saturated rings. The first-order valence-corrected chi connectivity index (χ1v) is 6.21. The Morgan fingerprint density at radius 2 is 2.35 bits per heavy atom. The number of ether oxygens (including phenoxy) is 1. The van der Waals surface area contributed by atoms with Gasteiger partial charge in [0.25, 0.3) is 0 Å². The SMILES string of the molecule is COc1ncccc1CC1CC(C)CCC1=O. The van der Waals surface area contributed by atoms with E-state index in [4.69, 9.17) is 4.74 Å². The summed E-state index contributed by atoms with van der Waals surface area (Å²) in [4.78, 5) is 16.1. The summed E-state index contributed by atoms with van der Waals surface area (Å²) in [7, 11) is 1.62. The number of hydrogen-bond donors (Lipinski definition) is 0. The third-order valence-corrected chi connectivity index (χ3v) is 3.54. The molecule has 92 valence electrons. The van der Waals surface area contributed by atoms with E-state index in [0.29, 0.717) is 17.6 Å². The van der Waals surface area contributed by atoms with Crippen LogP contribution in [0.5, 0.6) is 5.88 Å². The molecule has 17 heavy (non-hydrogen) atoms. The van der Waals surface area contributed by atoms with E-state index in [1.807, 2.05) is 12.1 Å². The van der Waals surface area contributed by atoms with E-state index in [2.05, 4.69) is 11.9 Å². The summed E-state index contributed by atoms with van der Waals surface area (Å²) >= 11 is 0. The van der Waals surface area contributed by atoms with Crippen molar-refractivity contribution < 1.29 is 9.53 Å². The Labute approximate surface area is 102 Å². The third-order valence-electron chi connectivity index (χ3n) is 3.54. The molecule has 0 aromatic carbocycles. The van der Waals surface area contributed by atoms with Gasteiger partial charge in [0.05, 0.1) is 7.11 Å². The smallest absolute Gasteiger partial charge is 0.216 e. The van der Waals surface area contributed by atoms with Crippen molar-refractivity contribution in [2.45, 2.75) is 32.6 Å². The van der Waals surface area contributed by atoms with E-state index in [1.54, 1.807) is 13.3 Å². The number of hydrogen-bond acceptors (Lipinski definition) is 3. The van der Waals surface area contributed by atoms with Crippen LogP contribution >= 0.6 is 0 Å². The zero-order valence-electron chi connectivity index (χ0n) is 10.5. The summed E-state index contributed by atoms with van der Waals surface area (Å²) in [5.41, 5.74) is 1.04. The van der Waals surface area contributed by atoms with Crippen LogP contribution in [-0.2, 0) is 11.2 Å². The Bertz CT molecular complexity index is 403. The summed E-state index contributed by atoms with van der Waals surface area (Å²) in [6, 6.07) is 3.90. The number of Topliss-reactive ketones (excluding diaryl/α,β-unsaturated/α-hetero) is 1. The predicted octanol–water partition coefficient (Wildman–Crippen LogP) is 2.64. The first-order chi connectivity index (χ1) is 8.20. The molecule has 1 saturated carbocycles. The Morgan fingerprint density at radius 3 is 3.12 bits per heavy atom. The number of aromatic nitrogens is 1. The predicted molar refractivity (Wildman–Crippen MR) is 66.0 cm³/mol. The molecule has 0 N–H and O–H groups in total. The second kappa shape index (κ2) is 5.30. The van der Waals surface area contributed by atoms with Gasteiger partial charge < -0.3 is 4.74 Å². The number of ketones is 1. The highest BCUT2D eigenvalue weighted by molar-refractivity contribution is 5.82. The molecular weight excluding hydrogens is 214 g/mol. The summed E-state index contributed by atoms with van der Waals surface area (Å²) in [6.07, 6.45) is 5.25. The van der Waals surface area contributed by atoms with Crippen molar-refractivity contribution in [3.63, 3.8) is 0 Å². The molecule has 2 atom stereocenters. The van der Waals surface area contributed by atoms with Gasteiger partial charge in [0.15, 0.2) is 0 Å². The van der Waals surface area contributed by atoms with Crippen molar-refractivity contribution in [1.29, 1.82) is 0 Å². The average Bonchev–Trinajstić information content (AvgIpc) is 2.34. The van der Waals surface area contributed by atoms with Crippen molar-refractivity contribution in [1.82, 2.24) is 4.98 Å². The Morgan fingerprint density at radius 1 is 1.53 bits per heavy atom. The van der Waals surface area contributed by atoms with Crippen molar-refractivity contribution in [3.8, 4) is 5.88 Å². The van der Waals surface area contributed by atoms with Crippen LogP contribution in [0.1, 0.15) is 31.7 Å². The Kier molecular flexibility index (Phi) is 3.77. The van der Waals surface area contributed by atoms with Crippen LogP contribution in [0.25, 0.3) is 0 Å². The fourth-order valence-corrected chi connectivity index (χ4v) is 2.55. The third kappa shape index (κ3) is 2.84. The number of carbonyl (C=O) groups excluding carboxylic acids is 1. The van der Waals surface area contributed by atoms with E-state index in [-0.39, 0.29) is 5.92 Å². The molecule has 0 bridgehead atoms. The van der Waals surface area contributed by atoms with Gasteiger partial charge in [-0.3, -0.25) is 4.79 Å². The maximum absolute atomic E-state index is 11.9. The lowest BCUT2D eigenvalue weighted by atomic mass is 9.78. The lowest BCUT2D eigenvalue weighted by Crippen LogP contribution is -2.25. The van der Waals surface area contributed by atoms with Gasteiger partial charge in [0, 0.05) is 24.1 Å². The first kappa shape index (κ1) is 12.1. The molecule has 1 aliphatic rings. The zero-order chi connectivity index (χ0) is 12.3. The monoisotopic (exact) mass is 233 g/mol. The quantitative estimate of drug-likeness (QED) is 0.805. The molecule has 0 radical (unpaired) electrons. The van der Waals surface area contributed by atoms with Crippen LogP contribution in [0.3, 0.4) is 0 Å². The van der Waals surface area contributed by atoms with Crippen LogP contribution in [0.2, 0.25) is 0 Å². The molecule has 2 unspecified atom stereocenters. The fourth-order valence-electron chi connectivity index (χ4n) is 2.55. The molecule has 1 heterocycles. The molecule has 2 rings (SSSR count). The molecule has 1 aromatic heterocycles. The van der Waals surface area contributed by atoms with E-state index in [1.165, 1.54) is 0 Å². The number of carbonyl (C=O) groups is 1. The maximum atomic E-state index is 11.9. The van der Waals surface area contributed by atoms with Crippen molar-refractivity contribution in [3.05, 3.63) is 23.9 Å². The highest BCUT2D eigenvalue weighted by Gasteiger charge is 2.27. The van der Waals surface area contributed by atoms with Gasteiger partial charge in [0.1, 0.15) is 5.78 Å². The number of methoxy groups -OCH3 is 1. The van der Waals surface area contributed by atoms with Crippen LogP contribution < -0.4 is 4.74 Å². The minimum absolute atomic E-state index is 0.150. The lowest BCUT2D eigenvalue weighted by molar-refractivity contribution is -0.125. The minimum Gasteiger partial charge on any atom is -0.481 e. The van der Waals surface area contributed by atoms with Crippen molar-refractivity contribution in [2.75, 3.05) is 7.11 Å². The molecule has 3 nitrogen and oxygen atoms in total. The van der Waals surface area contributed by atoms with Gasteiger partial charge in [-0.15, -0.1) is 0 Å². The molecule has 1 aromatic rings. The highest BCUT2D eigenvalue weighted by atomic mass is 16.5. The fraction of sp³-hybridized carbons (Fsp3) is 0.571. The van der Waals surface area contributed by atoms with Gasteiger partial charge in [-0.2, -0.15) is 0 Å². The summed E-state index contributed by atoms with van der Waals surface area (Å²) in [5.74, 6) is 1.85. The molecule has 0 saturated heterocycles. The van der Waals surface area contributed by atoms with Crippen molar-refractivity contribution in [2.24, 2.45) is 11.8 Å². The molecule has 3 heteroatoms. The Hall–Kier alpha value is -1.38. The van der Waals surface area contributed by atoms with E-state index in [0.717, 1.165) is 31.2 Å². The van der Waals surface area contributed by atoms with Crippen LogP contribution in [0.15, 0.2) is 18.3 Å². The summed E-state index contributed by atoms with van der Waals surface area (Å²) < 4.78 is 5.23. The summed E-state index contributed by atoms with van der Waals surface area (Å²) in [5, 5.41) is 0. The van der Waals surface area contributed by atoms with Crippen LogP contribution in [-0.4, -0.2) is 17.9 Å². The van der Waals surface area contributed by atoms with Gasteiger partial charge >= 0.3 is 0 Å². The minimum atomic E-state index is 0.150. The molecule has 0 amide bonds. The highest BCUT2D eigenvalue weighted by Crippen LogP contribution is 2.30. The number of pyridine rings is 1. The van der Waals surface area contributed by atoms with Gasteiger partial charge in [-0.25, -0.2) is 4.98 Å².